The maximum absolute atomic E-state index is 12.7. The number of amides is 1. The third-order valence-corrected chi connectivity index (χ3v) is 4.10. The van der Waals surface area contributed by atoms with Crippen molar-refractivity contribution >= 4 is 5.91 Å². The second-order valence-corrected chi connectivity index (χ2v) is 5.79. The van der Waals surface area contributed by atoms with Crippen LogP contribution in [0.25, 0.3) is 0 Å². The Labute approximate surface area is 126 Å². The number of nitrogens with one attached hydrogen (secondary N) is 1. The van der Waals surface area contributed by atoms with Gasteiger partial charge in [-0.1, -0.05) is 19.8 Å². The molecule has 0 unspecified atom stereocenters. The van der Waals surface area contributed by atoms with Gasteiger partial charge in [-0.25, -0.2) is 0 Å². The van der Waals surface area contributed by atoms with Gasteiger partial charge in [0.25, 0.3) is 5.56 Å². The van der Waals surface area contributed by atoms with Gasteiger partial charge in [0.05, 0.1) is 0 Å². The van der Waals surface area contributed by atoms with Gasteiger partial charge in [0, 0.05) is 12.2 Å². The number of nitrogens with zero attached hydrogens (tertiary/aromatic N) is 1. The molecular formula is C15H19F3N2O2. The van der Waals surface area contributed by atoms with Crippen LogP contribution in [0, 0.1) is 5.92 Å². The van der Waals surface area contributed by atoms with Gasteiger partial charge in [-0.3, -0.25) is 9.59 Å². The van der Waals surface area contributed by atoms with Crippen LogP contribution < -0.4 is 10.9 Å². The van der Waals surface area contributed by atoms with E-state index in [0.29, 0.717) is 5.92 Å². The number of carbonyl (C=O) groups is 1. The quantitative estimate of drug-likeness (QED) is 0.932. The molecule has 1 aromatic heterocycles. The zero-order valence-electron chi connectivity index (χ0n) is 12.3. The minimum atomic E-state index is -4.71. The van der Waals surface area contributed by atoms with Gasteiger partial charge < -0.3 is 9.88 Å². The molecule has 1 aliphatic rings. The van der Waals surface area contributed by atoms with Gasteiger partial charge in [-0.2, -0.15) is 13.2 Å². The van der Waals surface area contributed by atoms with E-state index in [9.17, 15) is 22.8 Å². The molecule has 1 aromatic rings. The van der Waals surface area contributed by atoms with Crippen molar-refractivity contribution in [1.29, 1.82) is 0 Å². The van der Waals surface area contributed by atoms with Crippen LogP contribution in [0.4, 0.5) is 13.2 Å². The summed E-state index contributed by atoms with van der Waals surface area (Å²) in [7, 11) is 0. The van der Waals surface area contributed by atoms with Gasteiger partial charge in [-0.05, 0) is 30.9 Å². The normalized spacial score (nSPS) is 22.4. The van der Waals surface area contributed by atoms with E-state index >= 15 is 0 Å². The summed E-state index contributed by atoms with van der Waals surface area (Å²) in [6, 6.07) is 1.88. The smallest absolute Gasteiger partial charge is 0.352 e. The number of aromatic nitrogens is 1. The Hall–Kier alpha value is -1.79. The van der Waals surface area contributed by atoms with E-state index in [-0.39, 0.29) is 6.04 Å². The standard InChI is InChI=1S/C15H19F3N2O2/c1-10-5-2-3-7-12(10)19-13(21)9-20-8-4-6-11(14(20)22)15(16,17)18/h4,6,8,10,12H,2-3,5,7,9H2,1H3,(H,19,21)/t10-,12+/m0/s1. The largest absolute Gasteiger partial charge is 0.421 e. The van der Waals surface area contributed by atoms with Crippen LogP contribution in [-0.4, -0.2) is 16.5 Å². The lowest BCUT2D eigenvalue weighted by atomic mass is 9.86. The average Bonchev–Trinajstić information content (AvgIpc) is 2.42. The third kappa shape index (κ3) is 3.90. The summed E-state index contributed by atoms with van der Waals surface area (Å²) in [4.78, 5) is 23.8. The lowest BCUT2D eigenvalue weighted by Crippen LogP contribution is -2.43. The van der Waals surface area contributed by atoms with Crippen molar-refractivity contribution in [3.63, 3.8) is 0 Å². The predicted octanol–water partition coefficient (Wildman–Crippen LogP) is 2.56. The van der Waals surface area contributed by atoms with Gasteiger partial charge in [0.2, 0.25) is 5.91 Å². The highest BCUT2D eigenvalue weighted by molar-refractivity contribution is 5.76. The van der Waals surface area contributed by atoms with Gasteiger partial charge in [-0.15, -0.1) is 0 Å². The minimum Gasteiger partial charge on any atom is -0.352 e. The van der Waals surface area contributed by atoms with Gasteiger partial charge >= 0.3 is 6.18 Å². The van der Waals surface area contributed by atoms with Gasteiger partial charge in [0.15, 0.2) is 0 Å². The van der Waals surface area contributed by atoms with Crippen LogP contribution in [0.1, 0.15) is 38.2 Å². The van der Waals surface area contributed by atoms with E-state index in [1.807, 2.05) is 6.92 Å². The average molecular weight is 316 g/mol. The Morgan fingerprint density at radius 2 is 2.05 bits per heavy atom. The number of hydrogen-bond donors (Lipinski definition) is 1. The summed E-state index contributed by atoms with van der Waals surface area (Å²) in [5, 5.41) is 2.82. The SMILES string of the molecule is C[C@H]1CCCC[C@H]1NC(=O)Cn1cccc(C(F)(F)F)c1=O. The van der Waals surface area contributed by atoms with Crippen LogP contribution in [0.3, 0.4) is 0 Å². The molecule has 0 saturated heterocycles. The molecule has 1 heterocycles. The van der Waals surface area contributed by atoms with Crippen molar-refractivity contribution in [2.24, 2.45) is 5.92 Å². The molecule has 2 rings (SSSR count). The van der Waals surface area contributed by atoms with Crippen molar-refractivity contribution in [1.82, 2.24) is 9.88 Å². The molecule has 1 N–H and O–H groups in total. The highest BCUT2D eigenvalue weighted by atomic mass is 19.4. The first-order valence-corrected chi connectivity index (χ1v) is 7.35. The molecule has 2 atom stereocenters. The van der Waals surface area contributed by atoms with E-state index in [2.05, 4.69) is 5.32 Å². The highest BCUT2D eigenvalue weighted by Gasteiger charge is 2.34. The molecule has 1 saturated carbocycles. The van der Waals surface area contributed by atoms with Crippen molar-refractivity contribution in [2.45, 2.75) is 51.4 Å². The van der Waals surface area contributed by atoms with Crippen LogP contribution in [0.15, 0.2) is 23.1 Å². The van der Waals surface area contributed by atoms with E-state index in [4.69, 9.17) is 0 Å². The van der Waals surface area contributed by atoms with Crippen LogP contribution >= 0.6 is 0 Å². The summed E-state index contributed by atoms with van der Waals surface area (Å²) in [6.07, 6.45) is 0.522. The van der Waals surface area contributed by atoms with Crippen LogP contribution in [0.2, 0.25) is 0 Å². The predicted molar refractivity (Wildman–Crippen MR) is 75.3 cm³/mol. The fourth-order valence-corrected chi connectivity index (χ4v) is 2.81. The summed E-state index contributed by atoms with van der Waals surface area (Å²) in [5.41, 5.74) is -2.45. The molecule has 1 aliphatic carbocycles. The fraction of sp³-hybridized carbons (Fsp3) is 0.600. The van der Waals surface area contributed by atoms with Crippen LogP contribution in [-0.2, 0) is 17.5 Å². The van der Waals surface area contributed by atoms with E-state index in [1.54, 1.807) is 0 Å². The summed E-state index contributed by atoms with van der Waals surface area (Å²) >= 11 is 0. The molecule has 122 valence electrons. The number of pyridine rings is 1. The first-order valence-electron chi connectivity index (χ1n) is 7.35. The molecule has 0 bridgehead atoms. The van der Waals surface area contributed by atoms with Crippen LogP contribution in [0.5, 0.6) is 0 Å². The minimum absolute atomic E-state index is 0.0303. The van der Waals surface area contributed by atoms with Gasteiger partial charge in [0.1, 0.15) is 12.1 Å². The number of hydrogen-bond acceptors (Lipinski definition) is 2. The number of rotatable bonds is 3. The van der Waals surface area contributed by atoms with Crippen molar-refractivity contribution < 1.29 is 18.0 Å². The monoisotopic (exact) mass is 316 g/mol. The summed E-state index contributed by atoms with van der Waals surface area (Å²) < 4.78 is 38.8. The topological polar surface area (TPSA) is 51.1 Å². The third-order valence-electron chi connectivity index (χ3n) is 4.10. The Morgan fingerprint density at radius 3 is 2.68 bits per heavy atom. The van der Waals surface area contributed by atoms with Crippen molar-refractivity contribution in [3.05, 3.63) is 34.2 Å². The zero-order valence-corrected chi connectivity index (χ0v) is 12.3. The molecule has 7 heteroatoms. The van der Waals surface area contributed by atoms with E-state index in [0.717, 1.165) is 42.4 Å². The molecule has 0 aromatic carbocycles. The molecule has 22 heavy (non-hydrogen) atoms. The lowest BCUT2D eigenvalue weighted by Gasteiger charge is -2.29. The fourth-order valence-electron chi connectivity index (χ4n) is 2.81. The molecule has 4 nitrogen and oxygen atoms in total. The molecule has 1 fully saturated rings. The van der Waals surface area contributed by atoms with E-state index < -0.39 is 29.8 Å². The summed E-state index contributed by atoms with van der Waals surface area (Å²) in [6.45, 7) is 1.65. The zero-order chi connectivity index (χ0) is 16.3. The second kappa shape index (κ2) is 6.54. The highest BCUT2D eigenvalue weighted by Crippen LogP contribution is 2.26. The number of alkyl halides is 3. The molecular weight excluding hydrogens is 297 g/mol. The van der Waals surface area contributed by atoms with Crippen molar-refractivity contribution in [3.8, 4) is 0 Å². The van der Waals surface area contributed by atoms with Crippen molar-refractivity contribution in [2.75, 3.05) is 0 Å². The Kier molecular flexibility index (Phi) is 4.93. The van der Waals surface area contributed by atoms with E-state index in [1.165, 1.54) is 6.20 Å². The molecule has 1 amide bonds. The second-order valence-electron chi connectivity index (χ2n) is 5.79. The number of halogens is 3. The Balaban J connectivity index is 2.07. The lowest BCUT2D eigenvalue weighted by molar-refractivity contribution is -0.139. The Morgan fingerprint density at radius 1 is 1.36 bits per heavy atom. The maximum atomic E-state index is 12.7. The molecule has 0 aliphatic heterocycles. The Bertz CT molecular complexity index is 595. The number of carbonyl (C=O) groups excluding carboxylic acids is 1. The summed E-state index contributed by atoms with van der Waals surface area (Å²) in [5.74, 6) is -0.0869. The maximum Gasteiger partial charge on any atom is 0.421 e. The molecule has 0 radical (unpaired) electrons. The first-order chi connectivity index (χ1) is 10.3. The first kappa shape index (κ1) is 16.6. The molecule has 0 spiro atoms.